The molecule has 2 rings (SSSR count). The van der Waals surface area contributed by atoms with Gasteiger partial charge in [0.05, 0.1) is 13.1 Å². The van der Waals surface area contributed by atoms with E-state index in [0.717, 1.165) is 17.9 Å². The molecule has 0 bridgehead atoms. The molecule has 0 aromatic carbocycles. The minimum Gasteiger partial charge on any atom is -0.343 e. The van der Waals surface area contributed by atoms with Gasteiger partial charge in [0.25, 0.3) is 0 Å². The van der Waals surface area contributed by atoms with Gasteiger partial charge in [-0.2, -0.15) is 0 Å². The molecule has 13 heavy (non-hydrogen) atoms. The fraction of sp³-hybridized carbons (Fsp3) is 1.00. The summed E-state index contributed by atoms with van der Waals surface area (Å²) in [6.45, 7) is 10.2. The van der Waals surface area contributed by atoms with Crippen molar-refractivity contribution < 1.29 is 5.32 Å². The van der Waals surface area contributed by atoms with Gasteiger partial charge in [-0.15, -0.1) is 0 Å². The fourth-order valence-corrected chi connectivity index (χ4v) is 2.57. The van der Waals surface area contributed by atoms with Crippen molar-refractivity contribution in [2.75, 3.05) is 26.2 Å². The number of quaternary nitrogens is 1. The van der Waals surface area contributed by atoms with Crippen LogP contribution in [-0.2, 0) is 0 Å². The maximum absolute atomic E-state index is 2.71. The molecular formula is C11H23N2+. The molecule has 2 saturated heterocycles. The summed E-state index contributed by atoms with van der Waals surface area (Å²) >= 11 is 0. The Morgan fingerprint density at radius 2 is 1.77 bits per heavy atom. The van der Waals surface area contributed by atoms with Crippen LogP contribution in [0.5, 0.6) is 0 Å². The Bertz CT molecular complexity index is 155. The van der Waals surface area contributed by atoms with E-state index in [9.17, 15) is 0 Å². The second kappa shape index (κ2) is 3.97. The lowest BCUT2D eigenvalue weighted by atomic mass is 9.86. The number of rotatable bonds is 2. The van der Waals surface area contributed by atoms with Crippen LogP contribution in [-0.4, -0.2) is 37.1 Å². The van der Waals surface area contributed by atoms with Gasteiger partial charge >= 0.3 is 0 Å². The van der Waals surface area contributed by atoms with Crippen LogP contribution in [0.15, 0.2) is 0 Å². The Morgan fingerprint density at radius 1 is 1.15 bits per heavy atom. The highest BCUT2D eigenvalue weighted by molar-refractivity contribution is 4.80. The largest absolute Gasteiger partial charge is 0.343 e. The van der Waals surface area contributed by atoms with E-state index in [4.69, 9.17) is 0 Å². The van der Waals surface area contributed by atoms with Crippen molar-refractivity contribution in [2.24, 2.45) is 11.8 Å². The summed E-state index contributed by atoms with van der Waals surface area (Å²) in [6.07, 6.45) is 2.88. The first-order chi connectivity index (χ1) is 6.27. The van der Waals surface area contributed by atoms with Crippen molar-refractivity contribution >= 4 is 0 Å². The molecule has 0 unspecified atom stereocenters. The van der Waals surface area contributed by atoms with Gasteiger partial charge in [0.15, 0.2) is 0 Å². The zero-order chi connectivity index (χ0) is 9.26. The molecule has 2 heteroatoms. The smallest absolute Gasteiger partial charge is 0.108 e. The molecule has 2 N–H and O–H groups in total. The van der Waals surface area contributed by atoms with Crippen LogP contribution < -0.4 is 5.32 Å². The van der Waals surface area contributed by atoms with Crippen LogP contribution in [0.1, 0.15) is 26.7 Å². The van der Waals surface area contributed by atoms with E-state index in [1.165, 1.54) is 39.0 Å². The van der Waals surface area contributed by atoms with Crippen LogP contribution in [0.3, 0.4) is 0 Å². The Labute approximate surface area is 81.7 Å². The Kier molecular flexibility index (Phi) is 2.89. The topological polar surface area (TPSA) is 19.9 Å². The normalized spacial score (nSPS) is 27.9. The molecular weight excluding hydrogens is 160 g/mol. The molecule has 0 atom stereocenters. The van der Waals surface area contributed by atoms with Crippen molar-refractivity contribution in [1.29, 1.82) is 0 Å². The van der Waals surface area contributed by atoms with E-state index in [-0.39, 0.29) is 0 Å². The molecule has 0 radical (unpaired) electrons. The summed E-state index contributed by atoms with van der Waals surface area (Å²) in [6, 6.07) is 0.924. The summed E-state index contributed by atoms with van der Waals surface area (Å²) in [5.74, 6) is 1.90. The SMILES string of the molecule is CC(C)C1CCN(C2C[NH2+]C2)CC1. The molecule has 2 nitrogen and oxygen atoms in total. The second-order valence-corrected chi connectivity index (χ2v) is 5.03. The molecule has 0 aromatic rings. The van der Waals surface area contributed by atoms with E-state index >= 15 is 0 Å². The minimum absolute atomic E-state index is 0.898. The highest BCUT2D eigenvalue weighted by Gasteiger charge is 2.32. The number of nitrogens with two attached hydrogens (primary N) is 1. The van der Waals surface area contributed by atoms with Crippen LogP contribution in [0, 0.1) is 11.8 Å². The van der Waals surface area contributed by atoms with E-state index in [0.29, 0.717) is 0 Å². The third-order valence-electron chi connectivity index (χ3n) is 3.91. The second-order valence-electron chi connectivity index (χ2n) is 5.03. The van der Waals surface area contributed by atoms with Gasteiger partial charge in [0.2, 0.25) is 0 Å². The summed E-state index contributed by atoms with van der Waals surface area (Å²) in [5.41, 5.74) is 0. The molecule has 0 spiro atoms. The third kappa shape index (κ3) is 2.05. The van der Waals surface area contributed by atoms with Gasteiger partial charge in [0.1, 0.15) is 6.04 Å². The quantitative estimate of drug-likeness (QED) is 0.653. The highest BCUT2D eigenvalue weighted by atomic mass is 15.2. The van der Waals surface area contributed by atoms with Crippen LogP contribution >= 0.6 is 0 Å². The highest BCUT2D eigenvalue weighted by Crippen LogP contribution is 2.25. The van der Waals surface area contributed by atoms with E-state index < -0.39 is 0 Å². The minimum atomic E-state index is 0.898. The summed E-state index contributed by atoms with van der Waals surface area (Å²) in [4.78, 5) is 2.71. The molecule has 0 amide bonds. The average molecular weight is 183 g/mol. The van der Waals surface area contributed by atoms with Gasteiger partial charge in [0, 0.05) is 0 Å². The van der Waals surface area contributed by atoms with Crippen molar-refractivity contribution in [3.05, 3.63) is 0 Å². The molecule has 0 saturated carbocycles. The van der Waals surface area contributed by atoms with E-state index in [2.05, 4.69) is 24.1 Å². The molecule has 2 fully saturated rings. The van der Waals surface area contributed by atoms with E-state index in [1.807, 2.05) is 0 Å². The van der Waals surface area contributed by atoms with Crippen LogP contribution in [0.4, 0.5) is 0 Å². The maximum atomic E-state index is 2.71. The van der Waals surface area contributed by atoms with Crippen molar-refractivity contribution in [3.63, 3.8) is 0 Å². The molecule has 2 aliphatic rings. The zero-order valence-electron chi connectivity index (χ0n) is 9.00. The predicted molar refractivity (Wildman–Crippen MR) is 54.6 cm³/mol. The lowest BCUT2D eigenvalue weighted by Crippen LogP contribution is -3.00. The monoisotopic (exact) mass is 183 g/mol. The summed E-state index contributed by atoms with van der Waals surface area (Å²) in [7, 11) is 0. The Morgan fingerprint density at radius 3 is 2.15 bits per heavy atom. The van der Waals surface area contributed by atoms with Crippen LogP contribution in [0.2, 0.25) is 0 Å². The van der Waals surface area contributed by atoms with Gasteiger partial charge < -0.3 is 5.32 Å². The van der Waals surface area contributed by atoms with E-state index in [1.54, 1.807) is 0 Å². The van der Waals surface area contributed by atoms with Gasteiger partial charge in [-0.3, -0.25) is 4.90 Å². The third-order valence-corrected chi connectivity index (χ3v) is 3.91. The lowest BCUT2D eigenvalue weighted by molar-refractivity contribution is -0.717. The molecule has 76 valence electrons. The number of hydrogen-bond acceptors (Lipinski definition) is 1. The van der Waals surface area contributed by atoms with Crippen LogP contribution in [0.25, 0.3) is 0 Å². The van der Waals surface area contributed by atoms with Crippen molar-refractivity contribution in [2.45, 2.75) is 32.7 Å². The Balaban J connectivity index is 1.75. The molecule has 2 heterocycles. The first-order valence-corrected chi connectivity index (χ1v) is 5.83. The Hall–Kier alpha value is -0.0800. The number of hydrogen-bond donors (Lipinski definition) is 1. The number of likely N-dealkylation sites (tertiary alicyclic amines) is 1. The fourth-order valence-electron chi connectivity index (χ4n) is 2.57. The number of nitrogens with zero attached hydrogens (tertiary/aromatic N) is 1. The first kappa shape index (κ1) is 9.47. The molecule has 2 aliphatic heterocycles. The van der Waals surface area contributed by atoms with Gasteiger partial charge in [-0.05, 0) is 37.8 Å². The average Bonchev–Trinajstić information content (AvgIpc) is 2.02. The van der Waals surface area contributed by atoms with Crippen molar-refractivity contribution in [3.8, 4) is 0 Å². The summed E-state index contributed by atoms with van der Waals surface area (Å²) < 4.78 is 0. The maximum Gasteiger partial charge on any atom is 0.108 e. The number of piperidine rings is 1. The van der Waals surface area contributed by atoms with Gasteiger partial charge in [-0.25, -0.2) is 0 Å². The lowest BCUT2D eigenvalue weighted by Gasteiger charge is -2.40. The van der Waals surface area contributed by atoms with Crippen molar-refractivity contribution in [1.82, 2.24) is 4.90 Å². The molecule has 0 aromatic heterocycles. The molecule has 0 aliphatic carbocycles. The zero-order valence-corrected chi connectivity index (χ0v) is 9.00. The predicted octanol–water partition coefficient (Wildman–Crippen LogP) is 0.300. The standard InChI is InChI=1S/C11H22N2/c1-9(2)10-3-5-13(6-4-10)11-7-12-8-11/h9-12H,3-8H2,1-2H3/p+1. The summed E-state index contributed by atoms with van der Waals surface area (Å²) in [5, 5.41) is 2.42. The first-order valence-electron chi connectivity index (χ1n) is 5.83. The van der Waals surface area contributed by atoms with Gasteiger partial charge in [-0.1, -0.05) is 13.8 Å².